The summed E-state index contributed by atoms with van der Waals surface area (Å²) in [4.78, 5) is 49.6. The highest BCUT2D eigenvalue weighted by Gasteiger charge is 2.46. The molecule has 2 aliphatic rings. The van der Waals surface area contributed by atoms with Crippen LogP contribution in [-0.2, 0) is 24.2 Å². The van der Waals surface area contributed by atoms with Crippen molar-refractivity contribution < 1.29 is 32.3 Å². The number of carbonyl (C=O) groups excluding carboxylic acids is 4. The van der Waals surface area contributed by atoms with Gasteiger partial charge in [-0.15, -0.1) is 0 Å². The van der Waals surface area contributed by atoms with Gasteiger partial charge in [0.2, 0.25) is 11.8 Å². The topological polar surface area (TPSA) is 127 Å². The quantitative estimate of drug-likeness (QED) is 0.237. The highest BCUT2D eigenvalue weighted by molar-refractivity contribution is 14.1. The number of piperidine rings is 1. The molecule has 28 heavy (non-hydrogen) atoms. The number of rotatable bonds is 7. The van der Waals surface area contributed by atoms with Crippen molar-refractivity contribution in [2.75, 3.05) is 23.4 Å². The molecule has 1 N–H and O–H groups in total. The summed E-state index contributed by atoms with van der Waals surface area (Å²) in [6.07, 6.45) is -0.00845. The molecule has 4 amide bonds. The molecule has 0 spiro atoms. The lowest BCUT2D eigenvalue weighted by Crippen LogP contribution is -2.54. The Labute approximate surface area is 174 Å². The Morgan fingerprint density at radius 3 is 2.57 bits per heavy atom. The number of imide groups is 2. The number of carbonyl (C=O) groups is 4. The van der Waals surface area contributed by atoms with Gasteiger partial charge in [0.05, 0.1) is 35.0 Å². The zero-order chi connectivity index (χ0) is 20.5. The van der Waals surface area contributed by atoms with E-state index < -0.39 is 39.5 Å². The summed E-state index contributed by atoms with van der Waals surface area (Å²) in [7, 11) is -3.88. The van der Waals surface area contributed by atoms with Crippen molar-refractivity contribution in [1.82, 2.24) is 10.2 Å². The van der Waals surface area contributed by atoms with Crippen LogP contribution >= 0.6 is 22.6 Å². The monoisotopic (exact) mass is 520 g/mol. The lowest BCUT2D eigenvalue weighted by atomic mass is 10.0. The van der Waals surface area contributed by atoms with Crippen LogP contribution in [0.4, 0.5) is 0 Å². The first kappa shape index (κ1) is 20.9. The van der Waals surface area contributed by atoms with E-state index in [1.807, 2.05) is 0 Å². The lowest BCUT2D eigenvalue weighted by Gasteiger charge is -2.27. The summed E-state index contributed by atoms with van der Waals surface area (Å²) >= 11 is 2.10. The van der Waals surface area contributed by atoms with Gasteiger partial charge in [0.1, 0.15) is 6.04 Å². The molecular formula is C17H17IN2O7S. The van der Waals surface area contributed by atoms with E-state index in [1.165, 1.54) is 18.2 Å². The van der Waals surface area contributed by atoms with Crippen LogP contribution < -0.4 is 5.32 Å². The molecule has 1 saturated heterocycles. The Hall–Kier alpha value is -1.86. The number of hydrogen-bond acceptors (Lipinski definition) is 7. The molecule has 2 heterocycles. The maximum absolute atomic E-state index is 12.9. The molecule has 150 valence electrons. The average Bonchev–Trinajstić information content (AvgIpc) is 2.90. The number of fused-ring (bicyclic) bond motifs is 1. The van der Waals surface area contributed by atoms with Crippen LogP contribution in [0.25, 0.3) is 0 Å². The first-order valence-electron chi connectivity index (χ1n) is 8.49. The maximum Gasteiger partial charge on any atom is 0.263 e. The first-order valence-corrected chi connectivity index (χ1v) is 11.7. The molecule has 0 radical (unpaired) electrons. The predicted octanol–water partition coefficient (Wildman–Crippen LogP) is 0.313. The lowest BCUT2D eigenvalue weighted by molar-refractivity contribution is -0.136. The number of halogens is 1. The number of nitrogens with zero attached hydrogens (tertiary/aromatic N) is 1. The molecule has 1 aromatic rings. The number of nitrogens with one attached hydrogen (secondary N) is 1. The van der Waals surface area contributed by atoms with Crippen LogP contribution in [0.1, 0.15) is 33.6 Å². The smallest absolute Gasteiger partial charge is 0.263 e. The molecule has 1 aromatic carbocycles. The number of benzene rings is 1. The third kappa shape index (κ3) is 3.82. The average molecular weight is 520 g/mol. The summed E-state index contributed by atoms with van der Waals surface area (Å²) in [6, 6.07) is 2.86. The molecule has 3 rings (SSSR count). The van der Waals surface area contributed by atoms with Crippen molar-refractivity contribution in [1.29, 1.82) is 0 Å². The first-order chi connectivity index (χ1) is 13.3. The van der Waals surface area contributed by atoms with Gasteiger partial charge in [-0.1, -0.05) is 28.7 Å². The Balaban J connectivity index is 1.92. The van der Waals surface area contributed by atoms with Gasteiger partial charge in [-0.3, -0.25) is 29.4 Å². The zero-order valence-corrected chi connectivity index (χ0v) is 17.6. The van der Waals surface area contributed by atoms with Gasteiger partial charge in [-0.25, -0.2) is 8.42 Å². The van der Waals surface area contributed by atoms with E-state index in [0.29, 0.717) is 11.0 Å². The molecule has 11 heteroatoms. The van der Waals surface area contributed by atoms with Gasteiger partial charge in [-0.2, -0.15) is 0 Å². The van der Waals surface area contributed by atoms with E-state index in [2.05, 4.69) is 27.9 Å². The molecule has 0 aromatic heterocycles. The van der Waals surface area contributed by atoms with Crippen molar-refractivity contribution in [3.8, 4) is 0 Å². The molecule has 0 aliphatic carbocycles. The number of sulfone groups is 1. The zero-order valence-electron chi connectivity index (χ0n) is 14.6. The van der Waals surface area contributed by atoms with Crippen molar-refractivity contribution in [2.45, 2.75) is 23.8 Å². The van der Waals surface area contributed by atoms with Crippen LogP contribution in [-0.4, -0.2) is 66.4 Å². The molecule has 0 saturated carbocycles. The second-order valence-electron chi connectivity index (χ2n) is 6.25. The summed E-state index contributed by atoms with van der Waals surface area (Å²) in [5.74, 6) is -3.15. The molecule has 1 unspecified atom stereocenters. The molecule has 1 fully saturated rings. The molecule has 1 atom stereocenters. The van der Waals surface area contributed by atoms with Gasteiger partial charge in [0.15, 0.2) is 9.84 Å². The van der Waals surface area contributed by atoms with Crippen molar-refractivity contribution in [2.24, 2.45) is 0 Å². The predicted molar refractivity (Wildman–Crippen MR) is 105 cm³/mol. The van der Waals surface area contributed by atoms with E-state index >= 15 is 0 Å². The van der Waals surface area contributed by atoms with Crippen LogP contribution in [0.5, 0.6) is 0 Å². The normalized spacial score (nSPS) is 19.8. The van der Waals surface area contributed by atoms with Gasteiger partial charge in [0, 0.05) is 10.8 Å². The van der Waals surface area contributed by atoms with Gasteiger partial charge >= 0.3 is 0 Å². The van der Waals surface area contributed by atoms with Gasteiger partial charge in [-0.05, 0) is 18.6 Å². The summed E-state index contributed by atoms with van der Waals surface area (Å²) in [5.41, 5.74) is -0.296. The van der Waals surface area contributed by atoms with E-state index in [9.17, 15) is 27.6 Å². The van der Waals surface area contributed by atoms with Gasteiger partial charge < -0.3 is 4.74 Å². The maximum atomic E-state index is 12.9. The number of hydrogen-bond donors (Lipinski definition) is 1. The number of ether oxygens (including phenoxy) is 1. The second kappa shape index (κ2) is 8.25. The summed E-state index contributed by atoms with van der Waals surface area (Å²) < 4.78 is 31.3. The molecule has 2 aliphatic heterocycles. The van der Waals surface area contributed by atoms with E-state index in [1.54, 1.807) is 0 Å². The highest BCUT2D eigenvalue weighted by atomic mass is 127. The Bertz CT molecular complexity index is 960. The van der Waals surface area contributed by atoms with Crippen LogP contribution in [0.2, 0.25) is 0 Å². The summed E-state index contributed by atoms with van der Waals surface area (Å²) in [5, 5.41) is 2.10. The fourth-order valence-corrected chi connectivity index (χ4v) is 4.84. The van der Waals surface area contributed by atoms with E-state index in [0.717, 1.165) is 4.90 Å². The second-order valence-corrected chi connectivity index (χ2v) is 9.40. The minimum atomic E-state index is -3.88. The fraction of sp³-hybridized carbons (Fsp3) is 0.412. The highest BCUT2D eigenvalue weighted by Crippen LogP contribution is 2.32. The van der Waals surface area contributed by atoms with Crippen LogP contribution in [0.15, 0.2) is 23.1 Å². The molecule has 9 nitrogen and oxygen atoms in total. The van der Waals surface area contributed by atoms with Crippen molar-refractivity contribution >= 4 is 56.1 Å². The van der Waals surface area contributed by atoms with E-state index in [4.69, 9.17) is 4.74 Å². The third-order valence-corrected chi connectivity index (χ3v) is 6.64. The minimum absolute atomic E-state index is 0.00234. The fourth-order valence-electron chi connectivity index (χ4n) is 3.18. The van der Waals surface area contributed by atoms with Gasteiger partial charge in [0.25, 0.3) is 11.8 Å². The minimum Gasteiger partial charge on any atom is -0.380 e. The van der Waals surface area contributed by atoms with Crippen LogP contribution in [0, 0.1) is 0 Å². The van der Waals surface area contributed by atoms with Crippen molar-refractivity contribution in [3.05, 3.63) is 29.3 Å². The standard InChI is InChI=1S/C17H17IN2O7S/c18-6-7-27-8-9-28(25,26)12-3-1-2-10-14(12)17(24)20(16(10)23)11-4-5-13(21)19-15(11)22/h1-3,11H,4-9H2,(H,19,21,22). The SMILES string of the molecule is O=C1CCC(N2C(=O)c3cccc(S(=O)(=O)CCOCCI)c3C2=O)C(=O)N1. The number of alkyl halides is 1. The Morgan fingerprint density at radius 1 is 1.14 bits per heavy atom. The molecular weight excluding hydrogens is 503 g/mol. The van der Waals surface area contributed by atoms with Crippen molar-refractivity contribution in [3.63, 3.8) is 0 Å². The summed E-state index contributed by atoms with van der Waals surface area (Å²) in [6.45, 7) is 0.373. The Kier molecular flexibility index (Phi) is 6.15. The third-order valence-electron chi connectivity index (χ3n) is 4.48. The van der Waals surface area contributed by atoms with Crippen LogP contribution in [0.3, 0.4) is 0 Å². The molecule has 0 bridgehead atoms. The number of amides is 4. The van der Waals surface area contributed by atoms with E-state index in [-0.39, 0.29) is 41.2 Å². The largest absolute Gasteiger partial charge is 0.380 e. The Morgan fingerprint density at radius 2 is 1.89 bits per heavy atom.